The van der Waals surface area contributed by atoms with Crippen LogP contribution in [0.3, 0.4) is 0 Å². The molecule has 2 atom stereocenters. The summed E-state index contributed by atoms with van der Waals surface area (Å²) in [6, 6.07) is -0.0633. The zero-order chi connectivity index (χ0) is 21.3. The topological polar surface area (TPSA) is 85.2 Å². The van der Waals surface area contributed by atoms with Gasteiger partial charge in [-0.1, -0.05) is 5.16 Å². The van der Waals surface area contributed by atoms with E-state index in [1.165, 1.54) is 18.7 Å². The summed E-state index contributed by atoms with van der Waals surface area (Å²) in [6.07, 6.45) is 1.03. The fourth-order valence-corrected chi connectivity index (χ4v) is 3.36. The van der Waals surface area contributed by atoms with Crippen LogP contribution in [0.2, 0.25) is 0 Å². The second kappa shape index (κ2) is 8.10. The van der Waals surface area contributed by atoms with E-state index in [1.807, 2.05) is 0 Å². The van der Waals surface area contributed by atoms with Crippen LogP contribution in [0.1, 0.15) is 56.4 Å². The molecular formula is C19H22F4N4O2. The van der Waals surface area contributed by atoms with Gasteiger partial charge in [0.2, 0.25) is 5.91 Å². The van der Waals surface area contributed by atoms with Crippen molar-refractivity contribution in [3.8, 4) is 0 Å². The van der Waals surface area contributed by atoms with Gasteiger partial charge in [-0.05, 0) is 44.7 Å². The fourth-order valence-electron chi connectivity index (χ4n) is 3.36. The SMILES string of the molecule is CC(C)(F)c1nc(C2CCCN2C(=O)CC(N)Cc2cc(F)c(F)cc2F)no1. The number of hydrogen-bond acceptors (Lipinski definition) is 5. The van der Waals surface area contributed by atoms with Gasteiger partial charge in [-0.15, -0.1) is 0 Å². The van der Waals surface area contributed by atoms with Crippen molar-refractivity contribution in [2.24, 2.45) is 5.73 Å². The summed E-state index contributed by atoms with van der Waals surface area (Å²) in [5.41, 5.74) is 4.05. The molecule has 0 bridgehead atoms. The normalized spacial score (nSPS) is 18.3. The molecule has 2 unspecified atom stereocenters. The zero-order valence-electron chi connectivity index (χ0n) is 16.1. The van der Waals surface area contributed by atoms with E-state index in [9.17, 15) is 22.4 Å². The Morgan fingerprint density at radius 2 is 2.00 bits per heavy atom. The van der Waals surface area contributed by atoms with Crippen LogP contribution in [0.25, 0.3) is 0 Å². The highest BCUT2D eigenvalue weighted by atomic mass is 19.2. The Morgan fingerprint density at radius 1 is 1.31 bits per heavy atom. The maximum atomic E-state index is 14.0. The molecular weight excluding hydrogens is 392 g/mol. The molecule has 6 nitrogen and oxygen atoms in total. The lowest BCUT2D eigenvalue weighted by molar-refractivity contribution is -0.132. The van der Waals surface area contributed by atoms with E-state index in [-0.39, 0.29) is 36.0 Å². The summed E-state index contributed by atoms with van der Waals surface area (Å²) >= 11 is 0. The molecule has 1 aliphatic rings. The molecule has 2 aromatic rings. The number of nitrogens with zero attached hydrogens (tertiary/aromatic N) is 3. The minimum atomic E-state index is -1.80. The third-order valence-electron chi connectivity index (χ3n) is 4.83. The van der Waals surface area contributed by atoms with Gasteiger partial charge in [-0.2, -0.15) is 4.98 Å². The van der Waals surface area contributed by atoms with E-state index in [2.05, 4.69) is 10.1 Å². The summed E-state index contributed by atoms with van der Waals surface area (Å²) < 4.78 is 59.1. The molecule has 0 radical (unpaired) electrons. The number of likely N-dealkylation sites (tertiary alicyclic amines) is 1. The summed E-state index contributed by atoms with van der Waals surface area (Å²) in [7, 11) is 0. The average molecular weight is 414 g/mol. The lowest BCUT2D eigenvalue weighted by atomic mass is 10.0. The molecule has 1 amide bonds. The maximum absolute atomic E-state index is 14.0. The molecule has 1 saturated heterocycles. The third kappa shape index (κ3) is 4.75. The number of amides is 1. The van der Waals surface area contributed by atoms with Crippen molar-refractivity contribution in [2.75, 3.05) is 6.54 Å². The van der Waals surface area contributed by atoms with Crippen LogP contribution in [0.15, 0.2) is 16.7 Å². The molecule has 29 heavy (non-hydrogen) atoms. The van der Waals surface area contributed by atoms with Crippen molar-refractivity contribution in [1.29, 1.82) is 0 Å². The summed E-state index contributed by atoms with van der Waals surface area (Å²) in [6.45, 7) is 3.02. The molecule has 1 aliphatic heterocycles. The lowest BCUT2D eigenvalue weighted by Gasteiger charge is -2.24. The summed E-state index contributed by atoms with van der Waals surface area (Å²) in [5, 5.41) is 3.80. The molecule has 0 saturated carbocycles. The predicted molar refractivity (Wildman–Crippen MR) is 94.7 cm³/mol. The van der Waals surface area contributed by atoms with E-state index >= 15 is 0 Å². The minimum absolute atomic E-state index is 0.102. The van der Waals surface area contributed by atoms with Gasteiger partial charge in [0.15, 0.2) is 23.1 Å². The van der Waals surface area contributed by atoms with Gasteiger partial charge in [0.05, 0.1) is 6.04 Å². The van der Waals surface area contributed by atoms with Gasteiger partial charge >= 0.3 is 0 Å². The molecule has 0 aliphatic carbocycles. The average Bonchev–Trinajstić information content (AvgIpc) is 3.28. The summed E-state index contributed by atoms with van der Waals surface area (Å²) in [5.74, 6) is -3.64. The van der Waals surface area contributed by atoms with E-state index in [4.69, 9.17) is 10.3 Å². The quantitative estimate of drug-likeness (QED) is 0.579. The fraction of sp³-hybridized carbons (Fsp3) is 0.526. The van der Waals surface area contributed by atoms with Crippen LogP contribution in [0.4, 0.5) is 17.6 Å². The largest absolute Gasteiger partial charge is 0.336 e. The van der Waals surface area contributed by atoms with E-state index in [0.717, 1.165) is 6.07 Å². The first-order valence-electron chi connectivity index (χ1n) is 9.27. The molecule has 10 heteroatoms. The zero-order valence-corrected chi connectivity index (χ0v) is 16.1. The molecule has 3 rings (SSSR count). The smallest absolute Gasteiger partial charge is 0.263 e. The predicted octanol–water partition coefficient (Wildman–Crippen LogP) is 3.32. The van der Waals surface area contributed by atoms with Crippen LogP contribution >= 0.6 is 0 Å². The second-order valence-electron chi connectivity index (χ2n) is 7.70. The third-order valence-corrected chi connectivity index (χ3v) is 4.83. The van der Waals surface area contributed by atoms with Gasteiger partial charge in [-0.25, -0.2) is 17.6 Å². The van der Waals surface area contributed by atoms with Gasteiger partial charge in [0, 0.05) is 25.1 Å². The van der Waals surface area contributed by atoms with Crippen LogP contribution in [-0.4, -0.2) is 33.5 Å². The molecule has 1 aromatic heterocycles. The number of benzene rings is 1. The Balaban J connectivity index is 1.66. The first-order valence-corrected chi connectivity index (χ1v) is 9.27. The first-order chi connectivity index (χ1) is 13.6. The van der Waals surface area contributed by atoms with E-state index in [1.54, 1.807) is 0 Å². The Bertz CT molecular complexity index is 897. The number of aromatic nitrogens is 2. The Hall–Kier alpha value is -2.49. The highest BCUT2D eigenvalue weighted by Crippen LogP contribution is 2.33. The number of carbonyl (C=O) groups excluding carboxylic acids is 1. The van der Waals surface area contributed by atoms with Crippen LogP contribution < -0.4 is 5.73 Å². The number of carbonyl (C=O) groups is 1. The minimum Gasteiger partial charge on any atom is -0.336 e. The van der Waals surface area contributed by atoms with E-state index < -0.39 is 35.2 Å². The number of alkyl halides is 1. The molecule has 2 heterocycles. The van der Waals surface area contributed by atoms with Crippen molar-refractivity contribution < 1.29 is 26.9 Å². The first kappa shape index (κ1) is 21.2. The van der Waals surface area contributed by atoms with Crippen molar-refractivity contribution in [2.45, 2.75) is 57.3 Å². The molecule has 0 spiro atoms. The number of nitrogens with two attached hydrogens (primary N) is 1. The maximum Gasteiger partial charge on any atom is 0.263 e. The second-order valence-corrected chi connectivity index (χ2v) is 7.70. The number of hydrogen-bond donors (Lipinski definition) is 1. The standard InChI is InChI=1S/C19H22F4N4O2/c1-19(2,23)18-25-17(26-29-18)15-4-3-5-27(15)16(28)8-11(24)6-10-7-13(21)14(22)9-12(10)20/h7,9,11,15H,3-6,8,24H2,1-2H3. The van der Waals surface area contributed by atoms with Gasteiger partial charge in [0.25, 0.3) is 5.89 Å². The molecule has 158 valence electrons. The van der Waals surface area contributed by atoms with Gasteiger partial charge in [0.1, 0.15) is 5.82 Å². The van der Waals surface area contributed by atoms with Crippen molar-refractivity contribution >= 4 is 5.91 Å². The molecule has 1 fully saturated rings. The van der Waals surface area contributed by atoms with Gasteiger partial charge < -0.3 is 15.2 Å². The van der Waals surface area contributed by atoms with Crippen LogP contribution in [0.5, 0.6) is 0 Å². The molecule has 1 aromatic carbocycles. The summed E-state index contributed by atoms with van der Waals surface area (Å²) in [4.78, 5) is 18.3. The van der Waals surface area contributed by atoms with Crippen LogP contribution in [0, 0.1) is 17.5 Å². The number of rotatable bonds is 6. The van der Waals surface area contributed by atoms with Crippen LogP contribution in [-0.2, 0) is 16.9 Å². The van der Waals surface area contributed by atoms with Gasteiger partial charge in [-0.3, -0.25) is 4.79 Å². The molecule has 2 N–H and O–H groups in total. The highest BCUT2D eigenvalue weighted by Gasteiger charge is 2.36. The van der Waals surface area contributed by atoms with Crippen molar-refractivity contribution in [1.82, 2.24) is 15.0 Å². The monoisotopic (exact) mass is 414 g/mol. The Morgan fingerprint density at radius 3 is 2.66 bits per heavy atom. The highest BCUT2D eigenvalue weighted by molar-refractivity contribution is 5.77. The Labute approximate surface area is 165 Å². The Kier molecular flexibility index (Phi) is 5.92. The van der Waals surface area contributed by atoms with E-state index in [0.29, 0.717) is 25.5 Å². The van der Waals surface area contributed by atoms with Crippen molar-refractivity contribution in [3.63, 3.8) is 0 Å². The van der Waals surface area contributed by atoms with Crippen molar-refractivity contribution in [3.05, 3.63) is 46.9 Å². The lowest BCUT2D eigenvalue weighted by Crippen LogP contribution is -2.37. The number of halogens is 4.